The Morgan fingerprint density at radius 3 is 2.49 bits per heavy atom. The second kappa shape index (κ2) is 10.5. The van der Waals surface area contributed by atoms with Crippen molar-refractivity contribution in [3.05, 3.63) is 76.9 Å². The third kappa shape index (κ3) is 5.91. The lowest BCUT2D eigenvalue weighted by Crippen LogP contribution is -2.41. The Labute approximate surface area is 210 Å². The van der Waals surface area contributed by atoms with Crippen LogP contribution >= 0.6 is 0 Å². The largest absolute Gasteiger partial charge is 0.416 e. The van der Waals surface area contributed by atoms with E-state index in [2.05, 4.69) is 10.5 Å². The summed E-state index contributed by atoms with van der Waals surface area (Å²) in [6.45, 7) is 1.51. The van der Waals surface area contributed by atoms with Crippen LogP contribution in [0.15, 0.2) is 57.9 Å². The molecule has 0 radical (unpaired) electrons. The summed E-state index contributed by atoms with van der Waals surface area (Å²) in [5.41, 5.74) is -0.485. The molecule has 2 heterocycles. The number of nitrogens with one attached hydrogen (secondary N) is 1. The van der Waals surface area contributed by atoms with Gasteiger partial charge in [-0.15, -0.1) is 0 Å². The first-order valence-corrected chi connectivity index (χ1v) is 12.8. The molecule has 1 saturated heterocycles. The topological polar surface area (TPSA) is 92.5 Å². The van der Waals surface area contributed by atoms with Crippen LogP contribution in [-0.2, 0) is 21.0 Å². The highest BCUT2D eigenvalue weighted by Gasteiger charge is 2.36. The number of sulfonamides is 1. The molecule has 0 saturated carbocycles. The number of benzene rings is 2. The summed E-state index contributed by atoms with van der Waals surface area (Å²) in [6, 6.07) is 10.3. The number of rotatable bonds is 6. The number of hydrogen-bond acceptors (Lipinski definition) is 5. The van der Waals surface area contributed by atoms with Gasteiger partial charge in [0.25, 0.3) is 0 Å². The zero-order valence-electron chi connectivity index (χ0n) is 19.6. The lowest BCUT2D eigenvalue weighted by atomic mass is 9.97. The van der Waals surface area contributed by atoms with E-state index in [-0.39, 0.29) is 53.5 Å². The zero-order chi connectivity index (χ0) is 26.8. The van der Waals surface area contributed by atoms with Gasteiger partial charge in [-0.1, -0.05) is 29.4 Å². The maximum Gasteiger partial charge on any atom is 0.416 e. The van der Waals surface area contributed by atoms with Gasteiger partial charge in [-0.3, -0.25) is 4.79 Å². The number of amides is 1. The number of anilines is 1. The maximum absolute atomic E-state index is 13.9. The van der Waals surface area contributed by atoms with Crippen LogP contribution in [0.3, 0.4) is 0 Å². The van der Waals surface area contributed by atoms with Crippen molar-refractivity contribution in [2.24, 2.45) is 5.92 Å². The molecular weight excluding hydrogens is 514 g/mol. The average molecular weight is 538 g/mol. The van der Waals surface area contributed by atoms with Gasteiger partial charge < -0.3 is 9.84 Å². The molecule has 37 heavy (non-hydrogen) atoms. The molecule has 0 unspecified atom stereocenters. The fourth-order valence-electron chi connectivity index (χ4n) is 4.08. The van der Waals surface area contributed by atoms with Crippen LogP contribution < -0.4 is 5.32 Å². The van der Waals surface area contributed by atoms with Gasteiger partial charge in [0.1, 0.15) is 11.5 Å². The summed E-state index contributed by atoms with van der Waals surface area (Å²) >= 11 is 0. The molecule has 196 valence electrons. The van der Waals surface area contributed by atoms with Gasteiger partial charge in [-0.05, 0) is 56.2 Å². The van der Waals surface area contributed by atoms with E-state index >= 15 is 0 Å². The number of aromatic nitrogens is 1. The summed E-state index contributed by atoms with van der Waals surface area (Å²) in [4.78, 5) is 12.5. The van der Waals surface area contributed by atoms with Gasteiger partial charge in [0.15, 0.2) is 10.7 Å². The predicted molar refractivity (Wildman–Crippen MR) is 128 cm³/mol. The SMILES string of the molecule is Cc1noc(C=Cc2ccccc2F)c1S(=O)(=O)N1CCC(C(=O)Nc2cccc(C(F)(F)F)c2)CC1. The first-order chi connectivity index (χ1) is 17.5. The van der Waals surface area contributed by atoms with Crippen molar-refractivity contribution >= 4 is 33.8 Å². The first-order valence-electron chi connectivity index (χ1n) is 11.3. The molecule has 4 rings (SSSR count). The van der Waals surface area contributed by atoms with E-state index in [4.69, 9.17) is 4.52 Å². The molecule has 2 aromatic carbocycles. The van der Waals surface area contributed by atoms with Crippen molar-refractivity contribution in [3.63, 3.8) is 0 Å². The number of piperidine rings is 1. The van der Waals surface area contributed by atoms with Crippen LogP contribution in [0, 0.1) is 18.7 Å². The normalized spacial score (nSPS) is 15.8. The van der Waals surface area contributed by atoms with E-state index < -0.39 is 39.4 Å². The highest BCUT2D eigenvalue weighted by Crippen LogP contribution is 2.32. The number of aryl methyl sites for hydroxylation is 1. The molecule has 1 N–H and O–H groups in total. The van der Waals surface area contributed by atoms with Crippen molar-refractivity contribution in [2.75, 3.05) is 18.4 Å². The van der Waals surface area contributed by atoms with E-state index in [1.54, 1.807) is 6.07 Å². The fraction of sp³-hybridized carbons (Fsp3) is 0.280. The molecule has 3 aromatic rings. The summed E-state index contributed by atoms with van der Waals surface area (Å²) in [5.74, 6) is -1.59. The highest BCUT2D eigenvalue weighted by molar-refractivity contribution is 7.89. The number of alkyl halides is 3. The molecule has 0 atom stereocenters. The molecule has 0 spiro atoms. The van der Waals surface area contributed by atoms with E-state index in [1.807, 2.05) is 0 Å². The second-order valence-corrected chi connectivity index (χ2v) is 10.4. The van der Waals surface area contributed by atoms with E-state index in [9.17, 15) is 30.8 Å². The third-order valence-electron chi connectivity index (χ3n) is 6.03. The van der Waals surface area contributed by atoms with E-state index in [1.165, 1.54) is 53.7 Å². The van der Waals surface area contributed by atoms with Crippen LogP contribution in [0.1, 0.15) is 35.4 Å². The molecule has 12 heteroatoms. The van der Waals surface area contributed by atoms with Gasteiger partial charge >= 0.3 is 6.18 Å². The monoisotopic (exact) mass is 537 g/mol. The summed E-state index contributed by atoms with van der Waals surface area (Å²) in [6.07, 6.45) is -1.47. The van der Waals surface area contributed by atoms with Crippen LogP contribution in [0.5, 0.6) is 0 Å². The Balaban J connectivity index is 1.44. The Hall–Kier alpha value is -3.51. The quantitative estimate of drug-likeness (QED) is 0.428. The third-order valence-corrected chi connectivity index (χ3v) is 8.09. The Bertz CT molecular complexity index is 1430. The number of hydrogen-bond donors (Lipinski definition) is 1. The molecule has 1 amide bonds. The molecule has 1 aliphatic heterocycles. The lowest BCUT2D eigenvalue weighted by Gasteiger charge is -2.30. The molecular formula is C25H23F4N3O4S. The standard InChI is InChI=1S/C25H23F4N3O4S/c1-16-23(22(36-31-16)10-9-17-5-2-3-8-21(17)26)37(34,35)32-13-11-18(12-14-32)24(33)30-20-7-4-6-19(15-20)25(27,28)29/h2-10,15,18H,11-14H2,1H3,(H,30,33). The van der Waals surface area contributed by atoms with Crippen LogP contribution in [-0.4, -0.2) is 36.9 Å². The highest BCUT2D eigenvalue weighted by atomic mass is 32.2. The minimum Gasteiger partial charge on any atom is -0.355 e. The van der Waals surface area contributed by atoms with Crippen LogP contribution in [0.4, 0.5) is 23.2 Å². The minimum absolute atomic E-state index is 0.0151. The molecule has 0 bridgehead atoms. The van der Waals surface area contributed by atoms with Gasteiger partial charge in [0.2, 0.25) is 15.9 Å². The number of nitrogens with zero attached hydrogens (tertiary/aromatic N) is 2. The second-order valence-electron chi connectivity index (χ2n) is 8.56. The van der Waals surface area contributed by atoms with Gasteiger partial charge in [0, 0.05) is 30.3 Å². The first kappa shape index (κ1) is 26.6. The molecule has 1 fully saturated rings. The van der Waals surface area contributed by atoms with Crippen molar-refractivity contribution in [1.82, 2.24) is 9.46 Å². The van der Waals surface area contributed by atoms with Crippen LogP contribution in [0.25, 0.3) is 12.2 Å². The van der Waals surface area contributed by atoms with Crippen LogP contribution in [0.2, 0.25) is 0 Å². The van der Waals surface area contributed by atoms with Crippen molar-refractivity contribution < 1.29 is 35.3 Å². The van der Waals surface area contributed by atoms with E-state index in [0.717, 1.165) is 12.1 Å². The van der Waals surface area contributed by atoms with Gasteiger partial charge in [-0.2, -0.15) is 17.5 Å². The molecule has 1 aromatic heterocycles. The van der Waals surface area contributed by atoms with Gasteiger partial charge in [-0.25, -0.2) is 12.8 Å². The van der Waals surface area contributed by atoms with Gasteiger partial charge in [0.05, 0.1) is 5.56 Å². The Morgan fingerprint density at radius 2 is 1.81 bits per heavy atom. The van der Waals surface area contributed by atoms with Crippen molar-refractivity contribution in [2.45, 2.75) is 30.8 Å². The Kier molecular flexibility index (Phi) is 7.51. The fourth-order valence-corrected chi connectivity index (χ4v) is 5.80. The summed E-state index contributed by atoms with van der Waals surface area (Å²) < 4.78 is 85.9. The van der Waals surface area contributed by atoms with E-state index in [0.29, 0.717) is 0 Å². The molecule has 7 nitrogen and oxygen atoms in total. The predicted octanol–water partition coefficient (Wildman–Crippen LogP) is 5.35. The number of carbonyl (C=O) groups is 1. The van der Waals surface area contributed by atoms with Crippen molar-refractivity contribution in [3.8, 4) is 0 Å². The lowest BCUT2D eigenvalue weighted by molar-refractivity contribution is -0.137. The average Bonchev–Trinajstić information content (AvgIpc) is 3.24. The Morgan fingerprint density at radius 1 is 1.11 bits per heavy atom. The molecule has 1 aliphatic rings. The maximum atomic E-state index is 13.9. The number of halogens is 4. The number of carbonyl (C=O) groups excluding carboxylic acids is 1. The minimum atomic E-state index is -4.54. The smallest absolute Gasteiger partial charge is 0.355 e. The van der Waals surface area contributed by atoms with Crippen molar-refractivity contribution in [1.29, 1.82) is 0 Å². The summed E-state index contributed by atoms with van der Waals surface area (Å²) in [7, 11) is -4.05. The summed E-state index contributed by atoms with van der Waals surface area (Å²) in [5, 5.41) is 6.25. The molecule has 0 aliphatic carbocycles. The zero-order valence-corrected chi connectivity index (χ0v) is 20.4.